The van der Waals surface area contributed by atoms with Gasteiger partial charge >= 0.3 is 0 Å². The van der Waals surface area contributed by atoms with Crippen LogP contribution in [0, 0.1) is 5.92 Å². The number of oxazole rings is 1. The minimum atomic E-state index is -0.104. The fourth-order valence-electron chi connectivity index (χ4n) is 4.94. The molecule has 0 atom stereocenters. The van der Waals surface area contributed by atoms with E-state index < -0.39 is 0 Å². The van der Waals surface area contributed by atoms with Crippen LogP contribution in [0.25, 0.3) is 11.1 Å². The van der Waals surface area contributed by atoms with Gasteiger partial charge in [0.1, 0.15) is 10.5 Å². The van der Waals surface area contributed by atoms with Crippen molar-refractivity contribution in [2.75, 3.05) is 43.6 Å². The molecule has 1 aromatic carbocycles. The maximum Gasteiger partial charge on any atom is 0.298 e. The highest BCUT2D eigenvalue weighted by Gasteiger charge is 2.30. The van der Waals surface area contributed by atoms with Crippen molar-refractivity contribution in [3.8, 4) is 0 Å². The van der Waals surface area contributed by atoms with Crippen LogP contribution in [0.4, 0.5) is 11.0 Å². The Balaban J connectivity index is 1.24. The summed E-state index contributed by atoms with van der Waals surface area (Å²) in [6.07, 6.45) is 6.27. The molecule has 1 fully saturated rings. The van der Waals surface area contributed by atoms with E-state index >= 15 is 0 Å². The number of piperidine rings is 1. The molecule has 2 amide bonds. The van der Waals surface area contributed by atoms with E-state index in [9.17, 15) is 9.59 Å². The highest BCUT2D eigenvalue weighted by molar-refractivity contribution is 7.17. The lowest BCUT2D eigenvalue weighted by molar-refractivity contribution is -0.120. The maximum atomic E-state index is 13.2. The molecule has 2 N–H and O–H groups in total. The summed E-state index contributed by atoms with van der Waals surface area (Å²) < 4.78 is 11.0. The Morgan fingerprint density at radius 2 is 2.00 bits per heavy atom. The Morgan fingerprint density at radius 1 is 1.20 bits per heavy atom. The number of methoxy groups -OCH3 is 1. The quantitative estimate of drug-likeness (QED) is 0.449. The van der Waals surface area contributed by atoms with E-state index in [1.165, 1.54) is 4.88 Å². The summed E-state index contributed by atoms with van der Waals surface area (Å²) in [7, 11) is 1.66. The van der Waals surface area contributed by atoms with Crippen LogP contribution in [0.2, 0.25) is 0 Å². The first kappa shape index (κ1) is 23.8. The van der Waals surface area contributed by atoms with Gasteiger partial charge in [-0.2, -0.15) is 4.98 Å². The van der Waals surface area contributed by atoms with Gasteiger partial charge in [0.05, 0.1) is 5.56 Å². The first-order valence-corrected chi connectivity index (χ1v) is 13.3. The van der Waals surface area contributed by atoms with E-state index in [0.717, 1.165) is 48.8 Å². The van der Waals surface area contributed by atoms with Crippen LogP contribution in [0.15, 0.2) is 28.7 Å². The van der Waals surface area contributed by atoms with Crippen LogP contribution < -0.4 is 15.5 Å². The third kappa shape index (κ3) is 5.21. The fourth-order valence-corrected chi connectivity index (χ4v) is 6.23. The number of ether oxygens (including phenoxy) is 1. The van der Waals surface area contributed by atoms with Crippen molar-refractivity contribution in [2.24, 2.45) is 5.92 Å². The van der Waals surface area contributed by atoms with Gasteiger partial charge in [-0.1, -0.05) is 12.1 Å². The molecule has 1 aliphatic heterocycles. The minimum absolute atomic E-state index is 0.00533. The minimum Gasteiger partial charge on any atom is -0.423 e. The summed E-state index contributed by atoms with van der Waals surface area (Å²) in [6, 6.07) is 8.35. The number of nitrogens with one attached hydrogen (secondary N) is 2. The number of anilines is 2. The summed E-state index contributed by atoms with van der Waals surface area (Å²) in [6.45, 7) is 2.57. The number of aromatic nitrogens is 1. The van der Waals surface area contributed by atoms with Crippen molar-refractivity contribution in [1.29, 1.82) is 0 Å². The number of hydrogen-bond donors (Lipinski definition) is 2. The van der Waals surface area contributed by atoms with Crippen LogP contribution >= 0.6 is 11.3 Å². The highest BCUT2D eigenvalue weighted by Crippen LogP contribution is 2.39. The Hall–Kier alpha value is -2.91. The van der Waals surface area contributed by atoms with Crippen molar-refractivity contribution in [3.05, 3.63) is 40.3 Å². The molecule has 0 unspecified atom stereocenters. The smallest absolute Gasteiger partial charge is 0.298 e. The van der Waals surface area contributed by atoms with Crippen LogP contribution in [-0.4, -0.2) is 50.1 Å². The van der Waals surface area contributed by atoms with E-state index in [4.69, 9.17) is 9.15 Å². The lowest BCUT2D eigenvalue weighted by Gasteiger charge is -2.30. The Bertz CT molecular complexity index is 1160. The summed E-state index contributed by atoms with van der Waals surface area (Å²) >= 11 is 1.57. The molecular formula is C26H32N4O4S. The zero-order valence-electron chi connectivity index (χ0n) is 20.1. The van der Waals surface area contributed by atoms with E-state index in [-0.39, 0.29) is 17.7 Å². The molecule has 3 heterocycles. The van der Waals surface area contributed by atoms with Gasteiger partial charge < -0.3 is 24.7 Å². The molecule has 2 aromatic heterocycles. The number of fused-ring (bicyclic) bond motifs is 2. The molecular weight excluding hydrogens is 464 g/mol. The normalized spacial score (nSPS) is 16.3. The number of aryl methyl sites for hydroxylation is 1. The summed E-state index contributed by atoms with van der Waals surface area (Å²) in [5.41, 5.74) is 3.40. The molecule has 3 aromatic rings. The molecule has 0 radical (unpaired) electrons. The van der Waals surface area contributed by atoms with Gasteiger partial charge in [-0.3, -0.25) is 9.59 Å². The predicted molar refractivity (Wildman–Crippen MR) is 137 cm³/mol. The topological polar surface area (TPSA) is 96.7 Å². The number of rotatable bonds is 8. The molecule has 1 saturated heterocycles. The lowest BCUT2D eigenvalue weighted by atomic mass is 9.94. The Labute approximate surface area is 209 Å². The number of carbonyl (C=O) groups excluding carboxylic acids is 2. The Morgan fingerprint density at radius 3 is 2.80 bits per heavy atom. The standard InChI is InChI=1S/C26H32N4O4S/c1-33-16-6-13-27-24(32)22-18-7-2-5-10-21(18)35-25(22)29-23(31)17-11-14-30(15-12-17)26-28-19-8-3-4-9-20(19)34-26/h3-4,8-9,17H,2,5-7,10-16H2,1H3,(H,27,32)(H,29,31). The third-order valence-electron chi connectivity index (χ3n) is 6.86. The summed E-state index contributed by atoms with van der Waals surface area (Å²) in [4.78, 5) is 34.2. The average molecular weight is 497 g/mol. The van der Waals surface area contributed by atoms with E-state index in [1.807, 2.05) is 24.3 Å². The summed E-state index contributed by atoms with van der Waals surface area (Å²) in [5, 5.41) is 6.84. The van der Waals surface area contributed by atoms with Crippen LogP contribution in [0.5, 0.6) is 0 Å². The van der Waals surface area contributed by atoms with E-state index in [1.54, 1.807) is 18.4 Å². The van der Waals surface area contributed by atoms with Gasteiger partial charge in [0, 0.05) is 44.1 Å². The monoisotopic (exact) mass is 496 g/mol. The molecule has 35 heavy (non-hydrogen) atoms. The van der Waals surface area contributed by atoms with Gasteiger partial charge in [0.15, 0.2) is 5.58 Å². The third-order valence-corrected chi connectivity index (χ3v) is 8.07. The highest BCUT2D eigenvalue weighted by atomic mass is 32.1. The second kappa shape index (κ2) is 10.8. The van der Waals surface area contributed by atoms with Crippen molar-refractivity contribution in [3.63, 3.8) is 0 Å². The maximum absolute atomic E-state index is 13.2. The van der Waals surface area contributed by atoms with Gasteiger partial charge in [0.25, 0.3) is 11.9 Å². The first-order chi connectivity index (χ1) is 17.1. The molecule has 2 aliphatic rings. The molecule has 0 saturated carbocycles. The molecule has 8 nitrogen and oxygen atoms in total. The zero-order chi connectivity index (χ0) is 24.2. The molecule has 0 spiro atoms. The Kier molecular flexibility index (Phi) is 7.34. The van der Waals surface area contributed by atoms with Gasteiger partial charge in [0.2, 0.25) is 5.91 Å². The number of thiophene rings is 1. The molecule has 5 rings (SSSR count). The molecule has 186 valence electrons. The van der Waals surface area contributed by atoms with Crippen molar-refractivity contribution >= 4 is 45.3 Å². The lowest BCUT2D eigenvalue weighted by Crippen LogP contribution is -2.38. The molecule has 9 heteroatoms. The van der Waals surface area contributed by atoms with Crippen LogP contribution in [0.3, 0.4) is 0 Å². The fraction of sp³-hybridized carbons (Fsp3) is 0.500. The van der Waals surface area contributed by atoms with E-state index in [0.29, 0.717) is 55.7 Å². The molecule has 0 bridgehead atoms. The van der Waals surface area contributed by atoms with Crippen LogP contribution in [-0.2, 0) is 22.4 Å². The van der Waals surface area contributed by atoms with Gasteiger partial charge in [-0.25, -0.2) is 0 Å². The number of carbonyl (C=O) groups is 2. The summed E-state index contributed by atoms with van der Waals surface area (Å²) in [5.74, 6) is -0.205. The van der Waals surface area contributed by atoms with E-state index in [2.05, 4.69) is 20.5 Å². The molecule has 1 aliphatic carbocycles. The number of amides is 2. The number of benzene rings is 1. The van der Waals surface area contributed by atoms with Crippen molar-refractivity contribution in [1.82, 2.24) is 10.3 Å². The number of para-hydroxylation sites is 2. The largest absolute Gasteiger partial charge is 0.423 e. The second-order valence-electron chi connectivity index (χ2n) is 9.23. The van der Waals surface area contributed by atoms with Gasteiger partial charge in [-0.15, -0.1) is 11.3 Å². The first-order valence-electron chi connectivity index (χ1n) is 12.5. The second-order valence-corrected chi connectivity index (χ2v) is 10.3. The predicted octanol–water partition coefficient (Wildman–Crippen LogP) is 4.39. The average Bonchev–Trinajstić information content (AvgIpc) is 3.48. The van der Waals surface area contributed by atoms with Crippen LogP contribution in [0.1, 0.15) is 52.9 Å². The van der Waals surface area contributed by atoms with Crippen molar-refractivity contribution in [2.45, 2.75) is 44.9 Å². The van der Waals surface area contributed by atoms with Crippen molar-refractivity contribution < 1.29 is 18.7 Å². The number of nitrogens with zero attached hydrogens (tertiary/aromatic N) is 2. The zero-order valence-corrected chi connectivity index (χ0v) is 20.9. The SMILES string of the molecule is COCCCNC(=O)c1c(NC(=O)C2CCN(c3nc4ccccc4o3)CC2)sc2c1CCCC2. The number of hydrogen-bond acceptors (Lipinski definition) is 7. The van der Waals surface area contributed by atoms with Gasteiger partial charge in [-0.05, 0) is 62.6 Å².